The molecule has 0 aromatic rings. The lowest BCUT2D eigenvalue weighted by Gasteiger charge is -2.30. The van der Waals surface area contributed by atoms with Crippen LogP contribution in [0, 0.1) is 0 Å². The molecule has 0 aromatic heterocycles. The van der Waals surface area contributed by atoms with Gasteiger partial charge in [-0.15, -0.1) is 0 Å². The lowest BCUT2D eigenvalue weighted by Crippen LogP contribution is -2.46. The molecular formula is C12H16O8. The lowest BCUT2D eigenvalue weighted by molar-refractivity contribution is -0.137. The number of ether oxygens (including phenoxy) is 2. The summed E-state index contributed by atoms with van der Waals surface area (Å²) in [6, 6.07) is 0. The molecule has 0 spiro atoms. The molecule has 0 aromatic carbocycles. The predicted octanol–water partition coefficient (Wildman–Crippen LogP) is -1.25. The Hall–Kier alpha value is -1.48. The Kier molecular flexibility index (Phi) is 3.83. The number of hydrogen-bond acceptors (Lipinski definition) is 6. The molecule has 2 aliphatic heterocycles. The Morgan fingerprint density at radius 2 is 1.95 bits per heavy atom. The third kappa shape index (κ3) is 2.31. The average molecular weight is 288 g/mol. The van der Waals surface area contributed by atoms with Gasteiger partial charge in [-0.3, -0.25) is 4.79 Å². The zero-order valence-electron chi connectivity index (χ0n) is 10.8. The molecule has 2 rings (SSSR count). The average Bonchev–Trinajstić information content (AvgIpc) is 2.89. The summed E-state index contributed by atoms with van der Waals surface area (Å²) in [7, 11) is 0. The minimum absolute atomic E-state index is 0.0515. The Morgan fingerprint density at radius 3 is 2.50 bits per heavy atom. The molecule has 4 N–H and O–H groups in total. The van der Waals surface area contributed by atoms with Crippen molar-refractivity contribution in [1.82, 2.24) is 0 Å². The molecule has 0 amide bonds. The van der Waals surface area contributed by atoms with Crippen LogP contribution >= 0.6 is 0 Å². The van der Waals surface area contributed by atoms with Gasteiger partial charge < -0.3 is 29.9 Å². The summed E-state index contributed by atoms with van der Waals surface area (Å²) in [5.74, 6) is -2.59. The fourth-order valence-corrected chi connectivity index (χ4v) is 2.66. The summed E-state index contributed by atoms with van der Waals surface area (Å²) < 4.78 is 10.5. The summed E-state index contributed by atoms with van der Waals surface area (Å²) >= 11 is 0. The highest BCUT2D eigenvalue weighted by atomic mass is 16.6. The normalized spacial score (nSPS) is 37.5. The van der Waals surface area contributed by atoms with Crippen LogP contribution in [-0.2, 0) is 19.1 Å². The number of aliphatic hydroxyl groups excluding tert-OH is 1. The minimum atomic E-state index is -1.86. The van der Waals surface area contributed by atoms with Crippen molar-refractivity contribution >= 4 is 11.9 Å². The van der Waals surface area contributed by atoms with Crippen molar-refractivity contribution in [2.75, 3.05) is 13.2 Å². The fraction of sp³-hybridized carbons (Fsp3) is 0.667. The monoisotopic (exact) mass is 288 g/mol. The Morgan fingerprint density at radius 1 is 1.30 bits per heavy atom. The van der Waals surface area contributed by atoms with Gasteiger partial charge in [0.2, 0.25) is 0 Å². The third-order valence-corrected chi connectivity index (χ3v) is 3.71. The molecule has 2 aliphatic rings. The van der Waals surface area contributed by atoms with Crippen molar-refractivity contribution < 1.29 is 39.5 Å². The molecule has 2 fully saturated rings. The Balaban J connectivity index is 2.41. The van der Waals surface area contributed by atoms with E-state index in [1.165, 1.54) is 6.92 Å². The van der Waals surface area contributed by atoms with Crippen LogP contribution in [0.1, 0.15) is 13.3 Å². The van der Waals surface area contributed by atoms with E-state index in [0.717, 1.165) is 0 Å². The second-order valence-corrected chi connectivity index (χ2v) is 5.00. The van der Waals surface area contributed by atoms with Crippen molar-refractivity contribution in [3.63, 3.8) is 0 Å². The first-order valence-corrected chi connectivity index (χ1v) is 6.06. The van der Waals surface area contributed by atoms with E-state index >= 15 is 0 Å². The number of fused-ring (bicyclic) bond motifs is 1. The molecule has 2 heterocycles. The van der Waals surface area contributed by atoms with Crippen molar-refractivity contribution in [3.8, 4) is 0 Å². The van der Waals surface area contributed by atoms with Gasteiger partial charge in [0.25, 0.3) is 0 Å². The van der Waals surface area contributed by atoms with Gasteiger partial charge in [0.05, 0.1) is 19.6 Å². The number of carboxylic acid groups (broad SMARTS) is 2. The first-order chi connectivity index (χ1) is 9.27. The van der Waals surface area contributed by atoms with E-state index in [-0.39, 0.29) is 24.4 Å². The van der Waals surface area contributed by atoms with Gasteiger partial charge in [-0.25, -0.2) is 4.79 Å². The van der Waals surface area contributed by atoms with Crippen molar-refractivity contribution in [2.24, 2.45) is 0 Å². The van der Waals surface area contributed by atoms with E-state index < -0.39 is 42.3 Å². The van der Waals surface area contributed by atoms with E-state index in [4.69, 9.17) is 19.7 Å². The first-order valence-electron chi connectivity index (χ1n) is 6.06. The number of carboxylic acids is 2. The summed E-state index contributed by atoms with van der Waals surface area (Å²) in [6.07, 6.45) is -3.32. The highest BCUT2D eigenvalue weighted by Crippen LogP contribution is 2.40. The van der Waals surface area contributed by atoms with Gasteiger partial charge in [-0.05, 0) is 12.5 Å². The molecule has 0 aliphatic carbocycles. The number of aliphatic carboxylic acids is 2. The number of aliphatic hydroxyl groups is 2. The molecule has 8 nitrogen and oxygen atoms in total. The summed E-state index contributed by atoms with van der Waals surface area (Å²) in [4.78, 5) is 22.0. The smallest absolute Gasteiger partial charge is 0.331 e. The van der Waals surface area contributed by atoms with Crippen LogP contribution < -0.4 is 0 Å². The molecular weight excluding hydrogens is 272 g/mol. The van der Waals surface area contributed by atoms with Gasteiger partial charge >= 0.3 is 11.9 Å². The quantitative estimate of drug-likeness (QED) is 0.472. The van der Waals surface area contributed by atoms with E-state index in [9.17, 15) is 19.8 Å². The van der Waals surface area contributed by atoms with E-state index in [1.807, 2.05) is 0 Å². The van der Waals surface area contributed by atoms with Crippen LogP contribution in [0.25, 0.3) is 0 Å². The second kappa shape index (κ2) is 5.13. The van der Waals surface area contributed by atoms with Gasteiger partial charge in [0.1, 0.15) is 23.9 Å². The summed E-state index contributed by atoms with van der Waals surface area (Å²) in [6.45, 7) is 0.855. The highest BCUT2D eigenvalue weighted by Gasteiger charge is 2.58. The molecule has 112 valence electrons. The minimum Gasteiger partial charge on any atom is -0.481 e. The first kappa shape index (κ1) is 14.9. The summed E-state index contributed by atoms with van der Waals surface area (Å²) in [5, 5.41) is 38.2. The largest absolute Gasteiger partial charge is 0.481 e. The zero-order valence-corrected chi connectivity index (χ0v) is 10.8. The van der Waals surface area contributed by atoms with Crippen LogP contribution in [0.2, 0.25) is 0 Å². The van der Waals surface area contributed by atoms with E-state index in [2.05, 4.69) is 0 Å². The van der Waals surface area contributed by atoms with E-state index in [1.54, 1.807) is 0 Å². The molecule has 8 heteroatoms. The second-order valence-electron chi connectivity index (χ2n) is 5.00. The number of hydrogen-bond donors (Lipinski definition) is 4. The fourth-order valence-electron chi connectivity index (χ4n) is 2.66. The number of carbonyl (C=O) groups is 2. The maximum absolute atomic E-state index is 11.1. The molecule has 4 atom stereocenters. The van der Waals surface area contributed by atoms with Crippen LogP contribution in [0.3, 0.4) is 0 Å². The van der Waals surface area contributed by atoms with Gasteiger partial charge in [-0.1, -0.05) is 0 Å². The van der Waals surface area contributed by atoms with Gasteiger partial charge in [0.15, 0.2) is 0 Å². The molecule has 0 bridgehead atoms. The van der Waals surface area contributed by atoms with Crippen molar-refractivity contribution in [1.29, 1.82) is 0 Å². The maximum Gasteiger partial charge on any atom is 0.331 e. The number of rotatable bonds is 4. The molecule has 0 saturated carbocycles. The van der Waals surface area contributed by atoms with Crippen LogP contribution in [0.5, 0.6) is 0 Å². The standard InChI is InChI=1S/C12H16O8/c1-5(11(16)17)6(2-8(14)15)12(18)4-20-9-7(13)3-19-10(9)12/h7,9-10,13,18H,2-4H2,1H3,(H,14,15)(H,16,17)/t7-,9-,10+,12+/m1/s1. The summed E-state index contributed by atoms with van der Waals surface area (Å²) in [5.41, 5.74) is -2.29. The topological polar surface area (TPSA) is 134 Å². The van der Waals surface area contributed by atoms with Gasteiger partial charge in [-0.2, -0.15) is 0 Å². The van der Waals surface area contributed by atoms with Crippen LogP contribution in [0.4, 0.5) is 0 Å². The van der Waals surface area contributed by atoms with Crippen LogP contribution in [0.15, 0.2) is 11.1 Å². The van der Waals surface area contributed by atoms with Gasteiger partial charge in [0, 0.05) is 5.57 Å². The predicted molar refractivity (Wildman–Crippen MR) is 63.0 cm³/mol. The molecule has 0 radical (unpaired) electrons. The lowest BCUT2D eigenvalue weighted by atomic mass is 9.83. The third-order valence-electron chi connectivity index (χ3n) is 3.71. The molecule has 2 saturated heterocycles. The van der Waals surface area contributed by atoms with Crippen molar-refractivity contribution in [3.05, 3.63) is 11.1 Å². The molecule has 20 heavy (non-hydrogen) atoms. The Bertz CT molecular complexity index is 470. The zero-order chi connectivity index (χ0) is 15.1. The highest BCUT2D eigenvalue weighted by molar-refractivity contribution is 5.88. The molecule has 0 unspecified atom stereocenters. The van der Waals surface area contributed by atoms with E-state index in [0.29, 0.717) is 0 Å². The SMILES string of the molecule is CC(C(=O)O)=C(CC(=O)O)[C@@]1(O)CO[C@@H]2[C@H](O)CO[C@@H]21. The van der Waals surface area contributed by atoms with Crippen LogP contribution in [-0.4, -0.2) is 69.5 Å². The maximum atomic E-state index is 11.1. The Labute approximate surface area is 114 Å². The van der Waals surface area contributed by atoms with Crippen molar-refractivity contribution in [2.45, 2.75) is 37.3 Å².